The zero-order chi connectivity index (χ0) is 9.84. The Hall–Kier alpha value is -0.160. The fourth-order valence-electron chi connectivity index (χ4n) is 2.15. The lowest BCUT2D eigenvalue weighted by Crippen LogP contribution is -2.53. The second-order valence-electron chi connectivity index (χ2n) is 4.23. The fourth-order valence-corrected chi connectivity index (χ4v) is 2.15. The van der Waals surface area contributed by atoms with Crippen LogP contribution in [0.5, 0.6) is 0 Å². The molecule has 0 aliphatic carbocycles. The van der Waals surface area contributed by atoms with E-state index in [1.165, 1.54) is 32.6 Å². The summed E-state index contributed by atoms with van der Waals surface area (Å²) in [5, 5.41) is 0. The Morgan fingerprint density at radius 2 is 1.80 bits per heavy atom. The predicted molar refractivity (Wildman–Crippen MR) is 65.3 cm³/mol. The topological polar surface area (TPSA) is 69.5 Å². The Labute approximate surface area is 93.9 Å². The molecule has 4 heteroatoms. The standard InChI is InChI=1S/C11H24N2.2H2O/c1-5-10(3)13-8-7-12(6-2)11(4)9-13;;/h10-11H,5-9H2,1-4H3;2*1H2/t10-,11-;;/m1../s1. The van der Waals surface area contributed by atoms with Crippen LogP contribution in [0.4, 0.5) is 0 Å². The van der Waals surface area contributed by atoms with E-state index in [0.29, 0.717) is 0 Å². The number of nitrogens with zero attached hydrogens (tertiary/aromatic N) is 2. The molecule has 0 spiro atoms. The highest BCUT2D eigenvalue weighted by Crippen LogP contribution is 2.13. The van der Waals surface area contributed by atoms with Crippen LogP contribution in [-0.2, 0) is 0 Å². The molecule has 15 heavy (non-hydrogen) atoms. The van der Waals surface area contributed by atoms with Crippen LogP contribution < -0.4 is 0 Å². The Kier molecular flexibility index (Phi) is 9.25. The minimum absolute atomic E-state index is 0. The van der Waals surface area contributed by atoms with Crippen LogP contribution in [0.2, 0.25) is 0 Å². The molecule has 1 saturated heterocycles. The summed E-state index contributed by atoms with van der Waals surface area (Å²) < 4.78 is 0. The molecule has 1 aliphatic rings. The van der Waals surface area contributed by atoms with Gasteiger partial charge in [0.25, 0.3) is 0 Å². The first kappa shape index (κ1) is 17.2. The molecular formula is C11H28N2O2. The number of likely N-dealkylation sites (N-methyl/N-ethyl adjacent to an activating group) is 1. The highest BCUT2D eigenvalue weighted by Gasteiger charge is 2.24. The summed E-state index contributed by atoms with van der Waals surface area (Å²) >= 11 is 0. The number of rotatable bonds is 3. The Morgan fingerprint density at radius 1 is 1.20 bits per heavy atom. The third-order valence-electron chi connectivity index (χ3n) is 3.42. The first-order chi connectivity index (χ1) is 6.19. The van der Waals surface area contributed by atoms with Crippen molar-refractivity contribution in [1.29, 1.82) is 0 Å². The van der Waals surface area contributed by atoms with Gasteiger partial charge in [-0.05, 0) is 26.8 Å². The Morgan fingerprint density at radius 3 is 2.20 bits per heavy atom. The van der Waals surface area contributed by atoms with Crippen molar-refractivity contribution >= 4 is 0 Å². The maximum absolute atomic E-state index is 2.62. The molecule has 0 bridgehead atoms. The normalized spacial score (nSPS) is 25.2. The monoisotopic (exact) mass is 220 g/mol. The summed E-state index contributed by atoms with van der Waals surface area (Å²) in [4.78, 5) is 5.19. The minimum atomic E-state index is 0. The molecule has 4 nitrogen and oxygen atoms in total. The molecule has 1 rings (SSSR count). The summed E-state index contributed by atoms with van der Waals surface area (Å²) in [5.41, 5.74) is 0. The van der Waals surface area contributed by atoms with E-state index in [1.807, 2.05) is 0 Å². The van der Waals surface area contributed by atoms with E-state index in [0.717, 1.165) is 12.1 Å². The largest absolute Gasteiger partial charge is 0.412 e. The fraction of sp³-hybridized carbons (Fsp3) is 1.00. The van der Waals surface area contributed by atoms with E-state index in [9.17, 15) is 0 Å². The van der Waals surface area contributed by atoms with Gasteiger partial charge in [-0.2, -0.15) is 0 Å². The molecule has 1 fully saturated rings. The summed E-state index contributed by atoms with van der Waals surface area (Å²) in [7, 11) is 0. The number of hydrogen-bond donors (Lipinski definition) is 0. The maximum atomic E-state index is 2.62. The van der Waals surface area contributed by atoms with Crippen LogP contribution >= 0.6 is 0 Å². The molecule has 1 aliphatic heterocycles. The van der Waals surface area contributed by atoms with Crippen LogP contribution in [-0.4, -0.2) is 59.0 Å². The molecule has 2 atom stereocenters. The molecule has 0 amide bonds. The van der Waals surface area contributed by atoms with Gasteiger partial charge in [0.05, 0.1) is 0 Å². The van der Waals surface area contributed by atoms with E-state index in [2.05, 4.69) is 37.5 Å². The van der Waals surface area contributed by atoms with Crippen molar-refractivity contribution in [3.63, 3.8) is 0 Å². The molecule has 94 valence electrons. The highest BCUT2D eigenvalue weighted by molar-refractivity contribution is 4.80. The van der Waals surface area contributed by atoms with E-state index in [-0.39, 0.29) is 11.0 Å². The lowest BCUT2D eigenvalue weighted by atomic mass is 10.1. The van der Waals surface area contributed by atoms with Crippen molar-refractivity contribution in [1.82, 2.24) is 9.80 Å². The second kappa shape index (κ2) is 8.05. The second-order valence-corrected chi connectivity index (χ2v) is 4.23. The van der Waals surface area contributed by atoms with Crippen LogP contribution in [0.1, 0.15) is 34.1 Å². The van der Waals surface area contributed by atoms with Crippen LogP contribution in [0.3, 0.4) is 0 Å². The smallest absolute Gasteiger partial charge is 0.0195 e. The molecule has 0 radical (unpaired) electrons. The van der Waals surface area contributed by atoms with Gasteiger partial charge >= 0.3 is 0 Å². The molecule has 0 aromatic carbocycles. The Balaban J connectivity index is 0. The maximum Gasteiger partial charge on any atom is 0.0195 e. The van der Waals surface area contributed by atoms with Crippen molar-refractivity contribution in [3.8, 4) is 0 Å². The third-order valence-corrected chi connectivity index (χ3v) is 3.42. The lowest BCUT2D eigenvalue weighted by molar-refractivity contribution is 0.0627. The summed E-state index contributed by atoms with van der Waals surface area (Å²) in [6, 6.07) is 1.51. The van der Waals surface area contributed by atoms with Gasteiger partial charge in [-0.25, -0.2) is 0 Å². The van der Waals surface area contributed by atoms with E-state index in [1.54, 1.807) is 0 Å². The average molecular weight is 220 g/mol. The SMILES string of the molecule is CC[C@@H](C)N1CCN(CC)[C@H](C)C1.O.O. The number of hydrogen-bond acceptors (Lipinski definition) is 2. The molecule has 0 aromatic heterocycles. The van der Waals surface area contributed by atoms with Gasteiger partial charge in [0.15, 0.2) is 0 Å². The van der Waals surface area contributed by atoms with Crippen LogP contribution in [0, 0.1) is 0 Å². The van der Waals surface area contributed by atoms with E-state index < -0.39 is 0 Å². The number of piperazine rings is 1. The van der Waals surface area contributed by atoms with Gasteiger partial charge in [0, 0.05) is 31.7 Å². The van der Waals surface area contributed by atoms with Crippen LogP contribution in [0.25, 0.3) is 0 Å². The minimum Gasteiger partial charge on any atom is -0.412 e. The van der Waals surface area contributed by atoms with Gasteiger partial charge in [-0.15, -0.1) is 0 Å². The van der Waals surface area contributed by atoms with Gasteiger partial charge in [0.2, 0.25) is 0 Å². The third kappa shape index (κ3) is 4.47. The molecule has 0 unspecified atom stereocenters. The van der Waals surface area contributed by atoms with Crippen molar-refractivity contribution in [2.75, 3.05) is 26.2 Å². The first-order valence-electron chi connectivity index (χ1n) is 5.67. The quantitative estimate of drug-likeness (QED) is 0.680. The summed E-state index contributed by atoms with van der Waals surface area (Å²) in [5.74, 6) is 0. The predicted octanol–water partition coefficient (Wildman–Crippen LogP) is 0.162. The zero-order valence-corrected chi connectivity index (χ0v) is 10.6. The molecule has 4 N–H and O–H groups in total. The lowest BCUT2D eigenvalue weighted by Gasteiger charge is -2.41. The molecule has 0 aromatic rings. The highest BCUT2D eigenvalue weighted by atomic mass is 16.0. The van der Waals surface area contributed by atoms with Gasteiger partial charge < -0.3 is 11.0 Å². The van der Waals surface area contributed by atoms with Crippen molar-refractivity contribution in [3.05, 3.63) is 0 Å². The van der Waals surface area contributed by atoms with Gasteiger partial charge in [-0.1, -0.05) is 13.8 Å². The van der Waals surface area contributed by atoms with Crippen molar-refractivity contribution in [2.45, 2.75) is 46.2 Å². The van der Waals surface area contributed by atoms with E-state index in [4.69, 9.17) is 0 Å². The molecular weight excluding hydrogens is 192 g/mol. The van der Waals surface area contributed by atoms with Crippen molar-refractivity contribution < 1.29 is 11.0 Å². The first-order valence-corrected chi connectivity index (χ1v) is 5.67. The van der Waals surface area contributed by atoms with Crippen molar-refractivity contribution in [2.24, 2.45) is 0 Å². The summed E-state index contributed by atoms with van der Waals surface area (Å²) in [6.07, 6.45) is 1.28. The van der Waals surface area contributed by atoms with Crippen LogP contribution in [0.15, 0.2) is 0 Å². The molecule has 1 heterocycles. The van der Waals surface area contributed by atoms with Gasteiger partial charge in [0.1, 0.15) is 0 Å². The Bertz CT molecular complexity index is 156. The zero-order valence-electron chi connectivity index (χ0n) is 10.6. The molecule has 0 saturated carbocycles. The van der Waals surface area contributed by atoms with E-state index >= 15 is 0 Å². The average Bonchev–Trinajstić information content (AvgIpc) is 2.16. The van der Waals surface area contributed by atoms with Gasteiger partial charge in [-0.3, -0.25) is 9.80 Å². The summed E-state index contributed by atoms with van der Waals surface area (Å²) in [6.45, 7) is 14.2.